The zero-order chi connectivity index (χ0) is 12.1. The molecule has 0 N–H and O–H groups in total. The van der Waals surface area contributed by atoms with Crippen LogP contribution in [0.15, 0.2) is 60.7 Å². The molecule has 0 bridgehead atoms. The predicted octanol–water partition coefficient (Wildman–Crippen LogP) is -2.13. The Morgan fingerprint density at radius 3 is 1.61 bits per heavy atom. The third-order valence-corrected chi connectivity index (χ3v) is 4.84. The van der Waals surface area contributed by atoms with E-state index in [0.29, 0.717) is 0 Å². The zero-order valence-corrected chi connectivity index (χ0v) is 14.3. The summed E-state index contributed by atoms with van der Waals surface area (Å²) in [4.78, 5) is 10.9. The number of carboxylic acids is 1. The van der Waals surface area contributed by atoms with Gasteiger partial charge in [-0.1, -0.05) is 60.7 Å². The Morgan fingerprint density at radius 1 is 0.889 bits per heavy atom. The number of aliphatic carboxylic acids is 1. The molecule has 4 heteroatoms. The van der Waals surface area contributed by atoms with Gasteiger partial charge in [-0.2, -0.15) is 0 Å². The fourth-order valence-electron chi connectivity index (χ4n) is 1.68. The molecule has 0 aliphatic heterocycles. The van der Waals surface area contributed by atoms with Crippen molar-refractivity contribution in [1.29, 1.82) is 0 Å². The van der Waals surface area contributed by atoms with Crippen LogP contribution in [0.2, 0.25) is 0 Å². The van der Waals surface area contributed by atoms with E-state index in [2.05, 4.69) is 0 Å². The normalized spacial score (nSPS) is 9.83. The smallest absolute Gasteiger partial charge is 0.550 e. The minimum Gasteiger partial charge on any atom is -0.550 e. The molecule has 0 radical (unpaired) electrons. The summed E-state index contributed by atoms with van der Waals surface area (Å²) in [5.41, 5.74) is 0. The van der Waals surface area contributed by atoms with E-state index in [1.54, 1.807) is 0 Å². The van der Waals surface area contributed by atoms with Gasteiger partial charge in [0.25, 0.3) is 0 Å². The monoisotopic (exact) mass is 282 g/mol. The Hall–Kier alpha value is -0.0236. The van der Waals surface area contributed by atoms with E-state index in [4.69, 9.17) is 0 Å². The summed E-state index contributed by atoms with van der Waals surface area (Å²) in [5, 5.41) is 13.0. The molecular formula is C14H12KO2P. The van der Waals surface area contributed by atoms with Crippen molar-refractivity contribution in [1.82, 2.24) is 0 Å². The van der Waals surface area contributed by atoms with Gasteiger partial charge >= 0.3 is 51.4 Å². The van der Waals surface area contributed by atoms with Crippen molar-refractivity contribution < 1.29 is 61.3 Å². The van der Waals surface area contributed by atoms with Crippen molar-refractivity contribution in [3.8, 4) is 0 Å². The van der Waals surface area contributed by atoms with Crippen LogP contribution in [-0.2, 0) is 4.79 Å². The molecule has 18 heavy (non-hydrogen) atoms. The molecule has 0 heterocycles. The molecule has 0 fully saturated rings. The Balaban J connectivity index is 0.00000162. The van der Waals surface area contributed by atoms with Crippen molar-refractivity contribution in [2.24, 2.45) is 0 Å². The summed E-state index contributed by atoms with van der Waals surface area (Å²) in [6, 6.07) is 19.5. The average Bonchev–Trinajstić information content (AvgIpc) is 2.38. The summed E-state index contributed by atoms with van der Waals surface area (Å²) in [6.07, 6.45) is 0.0728. The topological polar surface area (TPSA) is 40.1 Å². The van der Waals surface area contributed by atoms with Crippen LogP contribution in [0.5, 0.6) is 0 Å². The van der Waals surface area contributed by atoms with E-state index in [-0.39, 0.29) is 57.5 Å². The van der Waals surface area contributed by atoms with Crippen LogP contribution in [0.25, 0.3) is 0 Å². The SMILES string of the molecule is O=C([O-])CP(c1ccccc1)c1ccccc1.[K+]. The van der Waals surface area contributed by atoms with Gasteiger partial charge in [0.05, 0.1) is 0 Å². The molecule has 0 aliphatic carbocycles. The largest absolute Gasteiger partial charge is 1.00 e. The van der Waals surface area contributed by atoms with Crippen LogP contribution in [0.1, 0.15) is 0 Å². The van der Waals surface area contributed by atoms with Crippen LogP contribution in [0, 0.1) is 0 Å². The Bertz CT molecular complexity index is 448. The molecule has 2 rings (SSSR count). The zero-order valence-electron chi connectivity index (χ0n) is 10.2. The molecule has 0 aliphatic rings. The summed E-state index contributed by atoms with van der Waals surface area (Å²) >= 11 is 0. The molecule has 0 unspecified atom stereocenters. The number of hydrogen-bond acceptors (Lipinski definition) is 2. The molecule has 0 saturated heterocycles. The Morgan fingerprint density at radius 2 is 1.28 bits per heavy atom. The maximum atomic E-state index is 10.9. The van der Waals surface area contributed by atoms with Crippen LogP contribution in [0.4, 0.5) is 0 Å². The summed E-state index contributed by atoms with van der Waals surface area (Å²) < 4.78 is 0. The van der Waals surface area contributed by atoms with Crippen molar-refractivity contribution in [3.63, 3.8) is 0 Å². The van der Waals surface area contributed by atoms with Crippen molar-refractivity contribution >= 4 is 24.5 Å². The van der Waals surface area contributed by atoms with Gasteiger partial charge in [-0.05, 0) is 18.5 Å². The van der Waals surface area contributed by atoms with Crippen LogP contribution in [0.3, 0.4) is 0 Å². The second-order valence-electron chi connectivity index (χ2n) is 3.63. The molecule has 2 aromatic rings. The third-order valence-electron chi connectivity index (χ3n) is 2.42. The average molecular weight is 282 g/mol. The summed E-state index contributed by atoms with van der Waals surface area (Å²) in [6.45, 7) is 0. The molecule has 0 amide bonds. The first-order valence-electron chi connectivity index (χ1n) is 5.35. The van der Waals surface area contributed by atoms with Gasteiger partial charge in [0.15, 0.2) is 0 Å². The van der Waals surface area contributed by atoms with Gasteiger partial charge in [-0.3, -0.25) is 0 Å². The Kier molecular flexibility index (Phi) is 7.31. The molecule has 0 atom stereocenters. The van der Waals surface area contributed by atoms with Gasteiger partial charge < -0.3 is 9.90 Å². The summed E-state index contributed by atoms with van der Waals surface area (Å²) in [7, 11) is -0.852. The second-order valence-corrected chi connectivity index (χ2v) is 5.83. The van der Waals surface area contributed by atoms with Crippen molar-refractivity contribution in [2.75, 3.05) is 6.16 Å². The van der Waals surface area contributed by atoms with Gasteiger partial charge in [0.1, 0.15) is 0 Å². The first-order chi connectivity index (χ1) is 8.27. The fourth-order valence-corrected chi connectivity index (χ4v) is 3.66. The molecule has 2 aromatic carbocycles. The van der Waals surface area contributed by atoms with E-state index in [9.17, 15) is 9.90 Å². The third kappa shape index (κ3) is 4.58. The van der Waals surface area contributed by atoms with Gasteiger partial charge in [0.2, 0.25) is 0 Å². The standard InChI is InChI=1S/C14H13O2P.K/c15-14(16)11-17(12-7-3-1-4-8-12)13-9-5-2-6-10-13;/h1-10H,11H2,(H,15,16);/q;+1/p-1. The van der Waals surface area contributed by atoms with E-state index in [1.165, 1.54) is 0 Å². The number of carbonyl (C=O) groups excluding carboxylic acids is 1. The molecular weight excluding hydrogens is 270 g/mol. The molecule has 0 saturated carbocycles. The van der Waals surface area contributed by atoms with Gasteiger partial charge in [0, 0.05) is 12.1 Å². The van der Waals surface area contributed by atoms with E-state index < -0.39 is 13.9 Å². The fraction of sp³-hybridized carbons (Fsp3) is 0.0714. The summed E-state index contributed by atoms with van der Waals surface area (Å²) in [5.74, 6) is -0.996. The number of benzene rings is 2. The van der Waals surface area contributed by atoms with Crippen LogP contribution >= 0.6 is 7.92 Å². The quantitative estimate of drug-likeness (QED) is 0.475. The number of carbonyl (C=O) groups is 1. The number of rotatable bonds is 4. The minimum atomic E-state index is -0.996. The van der Waals surface area contributed by atoms with Gasteiger partial charge in [-0.15, -0.1) is 0 Å². The predicted molar refractivity (Wildman–Crippen MR) is 68.9 cm³/mol. The maximum Gasteiger partial charge on any atom is 1.00 e. The van der Waals surface area contributed by atoms with Crippen molar-refractivity contribution in [2.45, 2.75) is 0 Å². The Labute approximate surface area is 151 Å². The molecule has 0 aromatic heterocycles. The van der Waals surface area contributed by atoms with Gasteiger partial charge in [-0.25, -0.2) is 0 Å². The second kappa shape index (κ2) is 8.21. The molecule has 2 nitrogen and oxygen atoms in total. The van der Waals surface area contributed by atoms with Crippen LogP contribution in [-0.4, -0.2) is 12.1 Å². The van der Waals surface area contributed by atoms with E-state index >= 15 is 0 Å². The number of carboxylic acid groups (broad SMARTS) is 1. The first kappa shape index (κ1) is 16.0. The first-order valence-corrected chi connectivity index (χ1v) is 6.87. The maximum absolute atomic E-state index is 10.9. The molecule has 0 spiro atoms. The van der Waals surface area contributed by atoms with E-state index in [0.717, 1.165) is 10.6 Å². The molecule has 86 valence electrons. The minimum absolute atomic E-state index is 0. The number of hydrogen-bond donors (Lipinski definition) is 0. The van der Waals surface area contributed by atoms with E-state index in [1.807, 2.05) is 60.7 Å². The van der Waals surface area contributed by atoms with Crippen molar-refractivity contribution in [3.05, 3.63) is 60.7 Å². The van der Waals surface area contributed by atoms with Crippen LogP contribution < -0.4 is 67.1 Å².